The van der Waals surface area contributed by atoms with Crippen LogP contribution in [0.3, 0.4) is 0 Å². The van der Waals surface area contributed by atoms with E-state index in [0.717, 1.165) is 44.2 Å². The van der Waals surface area contributed by atoms with E-state index in [-0.39, 0.29) is 0 Å². The fraction of sp³-hybridized carbons (Fsp3) is 0. The fourth-order valence-corrected chi connectivity index (χ4v) is 6.57. The maximum Gasteiger partial charge on any atom is 0.136 e. The number of rotatable bonds is 3. The second-order valence-electron chi connectivity index (χ2n) is 10.9. The largest absolute Gasteiger partial charge is 0.456 e. The molecule has 196 valence electrons. The quantitative estimate of drug-likeness (QED) is 0.210. The van der Waals surface area contributed by atoms with Crippen molar-refractivity contribution in [1.29, 1.82) is 0 Å². The summed E-state index contributed by atoms with van der Waals surface area (Å²) < 4.78 is 12.9. The number of fused-ring (bicyclic) bond motifs is 6. The molecule has 42 heavy (non-hydrogen) atoms. The van der Waals surface area contributed by atoms with E-state index >= 15 is 0 Å². The highest BCUT2D eigenvalue weighted by molar-refractivity contribution is 6.21. The predicted octanol–water partition coefficient (Wildman–Crippen LogP) is 11.6. The van der Waals surface area contributed by atoms with Gasteiger partial charge in [0.1, 0.15) is 22.5 Å². The van der Waals surface area contributed by atoms with Gasteiger partial charge >= 0.3 is 0 Å². The highest BCUT2D eigenvalue weighted by Gasteiger charge is 2.20. The summed E-state index contributed by atoms with van der Waals surface area (Å²) in [6.45, 7) is 0. The highest BCUT2D eigenvalue weighted by Crippen LogP contribution is 2.45. The lowest BCUT2D eigenvalue weighted by molar-refractivity contribution is 0.633. The minimum absolute atomic E-state index is 0.858. The van der Waals surface area contributed by atoms with E-state index in [4.69, 9.17) is 8.83 Å². The molecule has 0 N–H and O–H groups in total. The topological polar surface area (TPSA) is 26.3 Å². The summed E-state index contributed by atoms with van der Waals surface area (Å²) in [6.07, 6.45) is 0. The summed E-state index contributed by atoms with van der Waals surface area (Å²) in [6, 6.07) is 51.4. The number of para-hydroxylation sites is 1. The van der Waals surface area contributed by atoms with Crippen LogP contribution < -0.4 is 0 Å². The molecular weight excluding hydrogens is 512 g/mol. The van der Waals surface area contributed by atoms with Gasteiger partial charge in [0.2, 0.25) is 0 Å². The summed E-state index contributed by atoms with van der Waals surface area (Å²) in [5.74, 6) is 0.860. The Morgan fingerprint density at radius 1 is 0.310 bits per heavy atom. The zero-order chi connectivity index (χ0) is 27.6. The molecule has 0 unspecified atom stereocenters. The average molecular weight is 537 g/mol. The Labute approximate surface area is 242 Å². The summed E-state index contributed by atoms with van der Waals surface area (Å²) in [5, 5.41) is 7.96. The monoisotopic (exact) mass is 536 g/mol. The Balaban J connectivity index is 1.31. The van der Waals surface area contributed by atoms with Crippen molar-refractivity contribution < 1.29 is 8.83 Å². The third kappa shape index (κ3) is 3.45. The van der Waals surface area contributed by atoms with Crippen molar-refractivity contribution >= 4 is 54.5 Å². The summed E-state index contributed by atoms with van der Waals surface area (Å²) >= 11 is 0. The SMILES string of the molecule is c1ccc(-c2cccc(-c3c4ccccc4c(-c4cc5cc6oc7ccccc7c6cc5o4)c4ccccc34)c2)cc1. The maximum absolute atomic E-state index is 6.68. The van der Waals surface area contributed by atoms with Gasteiger partial charge in [-0.1, -0.05) is 115 Å². The van der Waals surface area contributed by atoms with E-state index in [1.54, 1.807) is 0 Å². The molecule has 2 aromatic heterocycles. The van der Waals surface area contributed by atoms with Crippen LogP contribution in [0.5, 0.6) is 0 Å². The molecule has 0 amide bonds. The minimum atomic E-state index is 0.858. The van der Waals surface area contributed by atoms with E-state index in [1.807, 2.05) is 18.2 Å². The van der Waals surface area contributed by atoms with Crippen molar-refractivity contribution in [3.63, 3.8) is 0 Å². The molecule has 0 fully saturated rings. The van der Waals surface area contributed by atoms with Gasteiger partial charge in [0.05, 0.1) is 0 Å². The van der Waals surface area contributed by atoms with Crippen LogP contribution in [-0.4, -0.2) is 0 Å². The Morgan fingerprint density at radius 2 is 0.905 bits per heavy atom. The highest BCUT2D eigenvalue weighted by atomic mass is 16.3. The number of furan rings is 2. The molecule has 0 radical (unpaired) electrons. The van der Waals surface area contributed by atoms with Gasteiger partial charge in [-0.25, -0.2) is 0 Å². The Kier molecular flexibility index (Phi) is 4.93. The van der Waals surface area contributed by atoms with Gasteiger partial charge in [0.25, 0.3) is 0 Å². The van der Waals surface area contributed by atoms with Crippen LogP contribution in [0.2, 0.25) is 0 Å². The van der Waals surface area contributed by atoms with Gasteiger partial charge in [0, 0.05) is 21.7 Å². The van der Waals surface area contributed by atoms with Crippen LogP contribution in [0, 0.1) is 0 Å². The van der Waals surface area contributed by atoms with E-state index in [1.165, 1.54) is 43.8 Å². The van der Waals surface area contributed by atoms with Crippen LogP contribution in [-0.2, 0) is 0 Å². The second kappa shape index (κ2) is 8.95. The van der Waals surface area contributed by atoms with Gasteiger partial charge in [-0.2, -0.15) is 0 Å². The fourth-order valence-electron chi connectivity index (χ4n) is 6.57. The van der Waals surface area contributed by atoms with Gasteiger partial charge in [0.15, 0.2) is 0 Å². The average Bonchev–Trinajstić information content (AvgIpc) is 3.63. The van der Waals surface area contributed by atoms with E-state index in [9.17, 15) is 0 Å². The molecule has 2 nitrogen and oxygen atoms in total. The molecule has 2 heteroatoms. The van der Waals surface area contributed by atoms with Gasteiger partial charge < -0.3 is 8.83 Å². The first kappa shape index (κ1) is 23.1. The lowest BCUT2D eigenvalue weighted by Crippen LogP contribution is -1.90. The molecule has 2 heterocycles. The Hall–Kier alpha value is -5.60. The maximum atomic E-state index is 6.68. The predicted molar refractivity (Wildman–Crippen MR) is 175 cm³/mol. The molecule has 0 saturated carbocycles. The van der Waals surface area contributed by atoms with Crippen molar-refractivity contribution in [2.45, 2.75) is 0 Å². The molecule has 0 aliphatic heterocycles. The van der Waals surface area contributed by atoms with Crippen LogP contribution in [0.25, 0.3) is 88.0 Å². The van der Waals surface area contributed by atoms with Crippen molar-refractivity contribution in [2.75, 3.05) is 0 Å². The zero-order valence-electron chi connectivity index (χ0n) is 22.7. The molecule has 0 atom stereocenters. The van der Waals surface area contributed by atoms with Crippen LogP contribution >= 0.6 is 0 Å². The molecule has 9 rings (SSSR count). The third-order valence-electron chi connectivity index (χ3n) is 8.45. The van der Waals surface area contributed by atoms with Crippen molar-refractivity contribution in [3.8, 4) is 33.6 Å². The minimum Gasteiger partial charge on any atom is -0.456 e. The molecule has 0 spiro atoms. The van der Waals surface area contributed by atoms with Crippen LogP contribution in [0.15, 0.2) is 154 Å². The van der Waals surface area contributed by atoms with Crippen LogP contribution in [0.1, 0.15) is 0 Å². The number of hydrogen-bond donors (Lipinski definition) is 0. The van der Waals surface area contributed by atoms with Gasteiger partial charge in [-0.05, 0) is 74.1 Å². The molecular formula is C40H24O2. The van der Waals surface area contributed by atoms with Crippen molar-refractivity contribution in [2.24, 2.45) is 0 Å². The van der Waals surface area contributed by atoms with E-state index in [0.29, 0.717) is 0 Å². The second-order valence-corrected chi connectivity index (χ2v) is 10.9. The van der Waals surface area contributed by atoms with Gasteiger partial charge in [-0.3, -0.25) is 0 Å². The summed E-state index contributed by atoms with van der Waals surface area (Å²) in [7, 11) is 0. The lowest BCUT2D eigenvalue weighted by atomic mass is 9.87. The van der Waals surface area contributed by atoms with E-state index < -0.39 is 0 Å². The van der Waals surface area contributed by atoms with Gasteiger partial charge in [-0.15, -0.1) is 0 Å². The first-order valence-electron chi connectivity index (χ1n) is 14.3. The molecule has 0 aliphatic carbocycles. The molecule has 0 saturated heterocycles. The Morgan fingerprint density at radius 3 is 1.64 bits per heavy atom. The first-order chi connectivity index (χ1) is 20.8. The normalized spacial score (nSPS) is 11.8. The number of hydrogen-bond acceptors (Lipinski definition) is 2. The first-order valence-corrected chi connectivity index (χ1v) is 14.3. The molecule has 9 aromatic rings. The molecule has 0 aliphatic rings. The number of benzene rings is 7. The standard InChI is InChI=1S/C40H24O2/c1-2-11-25(12-3-1)26-13-10-14-27(21-26)39-30-16-4-6-18-32(30)40(33-19-7-5-17-31(33)39)38-23-28-22-37-34(24-36(28)42-38)29-15-8-9-20-35(29)41-37/h1-24H. The molecule has 7 aromatic carbocycles. The zero-order valence-corrected chi connectivity index (χ0v) is 22.7. The van der Waals surface area contributed by atoms with Crippen molar-refractivity contribution in [3.05, 3.63) is 146 Å². The Bertz CT molecular complexity index is 2400. The smallest absolute Gasteiger partial charge is 0.136 e. The lowest BCUT2D eigenvalue weighted by Gasteiger charge is -2.17. The van der Waals surface area contributed by atoms with Crippen molar-refractivity contribution in [1.82, 2.24) is 0 Å². The van der Waals surface area contributed by atoms with E-state index in [2.05, 4.69) is 127 Å². The third-order valence-corrected chi connectivity index (χ3v) is 8.45. The summed E-state index contributed by atoms with van der Waals surface area (Å²) in [5.41, 5.74) is 8.60. The van der Waals surface area contributed by atoms with Crippen LogP contribution in [0.4, 0.5) is 0 Å². The molecule has 0 bridgehead atoms. The summed E-state index contributed by atoms with van der Waals surface area (Å²) in [4.78, 5) is 0.